The monoisotopic (exact) mass is 303 g/mol. The number of ketones is 1. The summed E-state index contributed by atoms with van der Waals surface area (Å²) in [4.78, 5) is 45.3. The van der Waals surface area contributed by atoms with Crippen LogP contribution in [0.15, 0.2) is 0 Å². The van der Waals surface area contributed by atoms with Gasteiger partial charge in [-0.3, -0.25) is 14.4 Å². The first-order chi connectivity index (χ1) is 9.26. The van der Waals surface area contributed by atoms with Crippen LogP contribution in [0.25, 0.3) is 0 Å². The summed E-state index contributed by atoms with van der Waals surface area (Å²) in [6, 6.07) is 0. The molecule has 7 heteroatoms. The molecule has 1 unspecified atom stereocenters. The molecule has 1 atom stereocenters. The average molecular weight is 303 g/mol. The number of thioether (sulfide) groups is 1. The van der Waals surface area contributed by atoms with Crippen LogP contribution in [-0.2, 0) is 23.9 Å². The Hall–Kier alpha value is -1.37. The summed E-state index contributed by atoms with van der Waals surface area (Å²) >= 11 is 0.934. The molecule has 0 aliphatic heterocycles. The van der Waals surface area contributed by atoms with E-state index in [9.17, 15) is 19.2 Å². The number of esters is 1. The van der Waals surface area contributed by atoms with Crippen molar-refractivity contribution in [3.05, 3.63) is 0 Å². The lowest BCUT2D eigenvalue weighted by Crippen LogP contribution is -2.29. The van der Waals surface area contributed by atoms with E-state index in [4.69, 9.17) is 4.74 Å². The fourth-order valence-electron chi connectivity index (χ4n) is 1.17. The molecule has 0 radical (unpaired) electrons. The zero-order chi connectivity index (χ0) is 15.7. The zero-order valence-electron chi connectivity index (χ0n) is 12.2. The smallest absolute Gasteiger partial charge is 0.375 e. The van der Waals surface area contributed by atoms with Crippen LogP contribution < -0.4 is 5.32 Å². The topological polar surface area (TPSA) is 89.5 Å². The first kappa shape index (κ1) is 18.6. The molecule has 0 bridgehead atoms. The second kappa shape index (κ2) is 9.52. The third kappa shape index (κ3) is 8.68. The third-order valence-corrected chi connectivity index (χ3v) is 3.09. The molecule has 0 rings (SSSR count). The zero-order valence-corrected chi connectivity index (χ0v) is 13.0. The minimum absolute atomic E-state index is 0.0958. The number of carbonyl (C=O) groups is 4. The molecule has 114 valence electrons. The molecule has 0 fully saturated rings. The van der Waals surface area contributed by atoms with Crippen LogP contribution in [0.3, 0.4) is 0 Å². The number of carbonyl (C=O) groups excluding carboxylic acids is 4. The number of ether oxygens (including phenoxy) is 1. The van der Waals surface area contributed by atoms with Gasteiger partial charge in [0.25, 0.3) is 0 Å². The van der Waals surface area contributed by atoms with Crippen molar-refractivity contribution < 1.29 is 23.9 Å². The van der Waals surface area contributed by atoms with Gasteiger partial charge in [0.1, 0.15) is 0 Å². The fraction of sp³-hybridized carbons (Fsp3) is 0.692. The van der Waals surface area contributed by atoms with E-state index >= 15 is 0 Å². The Morgan fingerprint density at radius 2 is 1.75 bits per heavy atom. The summed E-state index contributed by atoms with van der Waals surface area (Å²) in [6.45, 7) is 7.08. The maximum absolute atomic E-state index is 11.6. The van der Waals surface area contributed by atoms with Crippen molar-refractivity contribution in [2.45, 2.75) is 51.9 Å². The van der Waals surface area contributed by atoms with Crippen molar-refractivity contribution in [2.24, 2.45) is 0 Å². The van der Waals surface area contributed by atoms with Gasteiger partial charge >= 0.3 is 5.97 Å². The predicted molar refractivity (Wildman–Crippen MR) is 76.2 cm³/mol. The highest BCUT2D eigenvalue weighted by Crippen LogP contribution is 2.13. The summed E-state index contributed by atoms with van der Waals surface area (Å²) < 4.78 is 4.70. The van der Waals surface area contributed by atoms with Gasteiger partial charge in [0.05, 0.1) is 12.5 Å². The summed E-state index contributed by atoms with van der Waals surface area (Å²) in [7, 11) is 0. The number of hydrogen-bond acceptors (Lipinski definition) is 6. The van der Waals surface area contributed by atoms with Gasteiger partial charge in [-0.25, -0.2) is 4.79 Å². The van der Waals surface area contributed by atoms with E-state index in [0.717, 1.165) is 11.8 Å². The van der Waals surface area contributed by atoms with Crippen molar-refractivity contribution in [3.63, 3.8) is 0 Å². The molecule has 0 spiro atoms. The maximum atomic E-state index is 11.6. The maximum Gasteiger partial charge on any atom is 0.375 e. The minimum atomic E-state index is -0.985. The first-order valence-electron chi connectivity index (χ1n) is 6.46. The van der Waals surface area contributed by atoms with Crippen molar-refractivity contribution in [1.82, 2.24) is 5.32 Å². The molecule has 0 aliphatic rings. The molecular formula is C13H21NO5S. The second-order valence-corrected chi connectivity index (χ2v) is 6.01. The number of nitrogens with one attached hydrogen (secondary N) is 1. The number of amides is 1. The van der Waals surface area contributed by atoms with Gasteiger partial charge in [-0.15, -0.1) is 0 Å². The highest BCUT2D eigenvalue weighted by atomic mass is 32.2. The van der Waals surface area contributed by atoms with Gasteiger partial charge in [0, 0.05) is 18.2 Å². The van der Waals surface area contributed by atoms with Crippen molar-refractivity contribution in [1.29, 1.82) is 0 Å². The Kier molecular flexibility index (Phi) is 8.87. The number of rotatable bonds is 8. The highest BCUT2D eigenvalue weighted by molar-refractivity contribution is 8.14. The molecule has 20 heavy (non-hydrogen) atoms. The van der Waals surface area contributed by atoms with E-state index in [1.165, 1.54) is 0 Å². The van der Waals surface area contributed by atoms with Gasteiger partial charge in [-0.1, -0.05) is 25.6 Å². The molecule has 0 saturated heterocycles. The second-order valence-electron chi connectivity index (χ2n) is 4.51. The Morgan fingerprint density at radius 3 is 2.25 bits per heavy atom. The average Bonchev–Trinajstić information content (AvgIpc) is 2.34. The summed E-state index contributed by atoms with van der Waals surface area (Å²) in [5.74, 6) is -1.93. The molecule has 0 saturated carbocycles. The molecular weight excluding hydrogens is 282 g/mol. The molecule has 0 aromatic heterocycles. The number of Topliss-reactive ketones (excluding diaryl/α,β-unsaturated/α-hetero) is 1. The summed E-state index contributed by atoms with van der Waals surface area (Å²) in [5.41, 5.74) is 0. The van der Waals surface area contributed by atoms with Gasteiger partial charge in [0.15, 0.2) is 5.12 Å². The largest absolute Gasteiger partial charge is 0.457 e. The lowest BCUT2D eigenvalue weighted by Gasteiger charge is -2.11. The van der Waals surface area contributed by atoms with Crippen LogP contribution in [0.2, 0.25) is 0 Å². The van der Waals surface area contributed by atoms with Crippen LogP contribution >= 0.6 is 11.8 Å². The lowest BCUT2D eigenvalue weighted by atomic mass is 10.3. The van der Waals surface area contributed by atoms with Crippen molar-refractivity contribution >= 4 is 34.5 Å². The normalized spacial score (nSPS) is 11.8. The van der Waals surface area contributed by atoms with Crippen LogP contribution in [0.1, 0.15) is 40.5 Å². The molecule has 6 nitrogen and oxygen atoms in total. The van der Waals surface area contributed by atoms with E-state index in [1.54, 1.807) is 27.7 Å². The molecule has 0 heterocycles. The SMILES string of the molecule is CCC(=O)NCC(C)SC(=O)CC(=O)C(=O)OC(C)C. The van der Waals surface area contributed by atoms with Crippen LogP contribution in [0, 0.1) is 0 Å². The van der Waals surface area contributed by atoms with Gasteiger partial charge < -0.3 is 10.1 Å². The summed E-state index contributed by atoms with van der Waals surface area (Å²) in [6.07, 6.45) is -0.495. The standard InChI is InChI=1S/C13H21NO5S/c1-5-11(16)14-7-9(4)20-12(17)6-10(15)13(18)19-8(2)3/h8-9H,5-7H2,1-4H3,(H,14,16). The highest BCUT2D eigenvalue weighted by Gasteiger charge is 2.22. The fourth-order valence-corrected chi connectivity index (χ4v) is 2.00. The predicted octanol–water partition coefficient (Wildman–Crippen LogP) is 1.07. The van der Waals surface area contributed by atoms with E-state index in [0.29, 0.717) is 13.0 Å². The Labute approximate surface area is 123 Å². The third-order valence-electron chi connectivity index (χ3n) is 2.12. The minimum Gasteiger partial charge on any atom is -0.457 e. The summed E-state index contributed by atoms with van der Waals surface area (Å²) in [5, 5.41) is 2.08. The molecule has 0 aromatic carbocycles. The van der Waals surface area contributed by atoms with E-state index in [-0.39, 0.29) is 11.2 Å². The molecule has 0 aliphatic carbocycles. The van der Waals surface area contributed by atoms with Crippen LogP contribution in [-0.4, -0.2) is 40.7 Å². The Balaban J connectivity index is 4.06. The van der Waals surface area contributed by atoms with E-state index < -0.39 is 29.4 Å². The Morgan fingerprint density at radius 1 is 1.15 bits per heavy atom. The Bertz CT molecular complexity index is 381. The molecule has 0 aromatic rings. The van der Waals surface area contributed by atoms with Crippen LogP contribution in [0.4, 0.5) is 0 Å². The first-order valence-corrected chi connectivity index (χ1v) is 7.34. The van der Waals surface area contributed by atoms with Gasteiger partial charge in [0.2, 0.25) is 11.7 Å². The van der Waals surface area contributed by atoms with Crippen molar-refractivity contribution in [2.75, 3.05) is 6.54 Å². The van der Waals surface area contributed by atoms with Gasteiger partial charge in [-0.05, 0) is 13.8 Å². The number of hydrogen-bond donors (Lipinski definition) is 1. The quantitative estimate of drug-likeness (QED) is 0.410. The van der Waals surface area contributed by atoms with E-state index in [1.807, 2.05) is 0 Å². The van der Waals surface area contributed by atoms with Crippen molar-refractivity contribution in [3.8, 4) is 0 Å². The van der Waals surface area contributed by atoms with E-state index in [2.05, 4.69) is 5.32 Å². The van der Waals surface area contributed by atoms with Crippen LogP contribution in [0.5, 0.6) is 0 Å². The lowest BCUT2D eigenvalue weighted by molar-refractivity contribution is -0.157. The van der Waals surface area contributed by atoms with Gasteiger partial charge in [-0.2, -0.15) is 0 Å². The molecule has 1 amide bonds. The molecule has 1 N–H and O–H groups in total.